The van der Waals surface area contributed by atoms with Crippen molar-refractivity contribution in [2.24, 2.45) is 5.92 Å². The van der Waals surface area contributed by atoms with Gasteiger partial charge in [0.2, 0.25) is 0 Å². The average Bonchev–Trinajstić information content (AvgIpc) is 2.92. The molecule has 0 aliphatic carbocycles. The SMILES string of the molecule is CCNC(Cc1ccccc1OC)C1CCOC1. The largest absolute Gasteiger partial charge is 0.496 e. The van der Waals surface area contributed by atoms with Crippen LogP contribution in [0.1, 0.15) is 18.9 Å². The summed E-state index contributed by atoms with van der Waals surface area (Å²) in [5, 5.41) is 3.59. The predicted molar refractivity (Wildman–Crippen MR) is 73.1 cm³/mol. The van der Waals surface area contributed by atoms with Crippen LogP contribution in [0, 0.1) is 5.92 Å². The summed E-state index contributed by atoms with van der Waals surface area (Å²) in [6.45, 7) is 4.94. The number of nitrogens with one attached hydrogen (secondary N) is 1. The molecule has 0 spiro atoms. The number of benzene rings is 1. The van der Waals surface area contributed by atoms with Gasteiger partial charge in [-0.1, -0.05) is 25.1 Å². The van der Waals surface area contributed by atoms with Crippen LogP contribution in [0.3, 0.4) is 0 Å². The van der Waals surface area contributed by atoms with Gasteiger partial charge >= 0.3 is 0 Å². The Hall–Kier alpha value is -1.06. The molecule has 2 rings (SSSR count). The van der Waals surface area contributed by atoms with Crippen LogP contribution in [0.5, 0.6) is 5.75 Å². The molecule has 3 heteroatoms. The van der Waals surface area contributed by atoms with E-state index < -0.39 is 0 Å². The summed E-state index contributed by atoms with van der Waals surface area (Å²) in [5.41, 5.74) is 1.28. The molecule has 2 atom stereocenters. The van der Waals surface area contributed by atoms with Crippen molar-refractivity contribution in [1.29, 1.82) is 0 Å². The number of likely N-dealkylation sites (N-methyl/N-ethyl adjacent to an activating group) is 1. The first-order valence-electron chi connectivity index (χ1n) is 6.78. The molecule has 18 heavy (non-hydrogen) atoms. The Labute approximate surface area is 109 Å². The highest BCUT2D eigenvalue weighted by Gasteiger charge is 2.25. The van der Waals surface area contributed by atoms with Gasteiger partial charge < -0.3 is 14.8 Å². The molecule has 0 saturated carbocycles. The van der Waals surface area contributed by atoms with Crippen LogP contribution >= 0.6 is 0 Å². The van der Waals surface area contributed by atoms with Gasteiger partial charge in [-0.3, -0.25) is 0 Å². The smallest absolute Gasteiger partial charge is 0.122 e. The molecular weight excluding hydrogens is 226 g/mol. The quantitative estimate of drug-likeness (QED) is 0.839. The van der Waals surface area contributed by atoms with E-state index >= 15 is 0 Å². The van der Waals surface area contributed by atoms with Gasteiger partial charge in [0.1, 0.15) is 5.75 Å². The first kappa shape index (κ1) is 13.4. The van der Waals surface area contributed by atoms with E-state index in [-0.39, 0.29) is 0 Å². The predicted octanol–water partition coefficient (Wildman–Crippen LogP) is 2.25. The molecule has 1 N–H and O–H groups in total. The van der Waals surface area contributed by atoms with E-state index in [1.54, 1.807) is 7.11 Å². The standard InChI is InChI=1S/C15H23NO2/c1-3-16-14(13-8-9-18-11-13)10-12-6-4-5-7-15(12)17-2/h4-7,13-14,16H,3,8-11H2,1-2H3. The number of rotatable bonds is 6. The van der Waals surface area contributed by atoms with Crippen LogP contribution < -0.4 is 10.1 Å². The lowest BCUT2D eigenvalue weighted by molar-refractivity contribution is 0.176. The second kappa shape index (κ2) is 6.76. The molecule has 100 valence electrons. The van der Waals surface area contributed by atoms with E-state index in [1.807, 2.05) is 12.1 Å². The van der Waals surface area contributed by atoms with Gasteiger partial charge in [0.05, 0.1) is 13.7 Å². The minimum atomic E-state index is 0.480. The van der Waals surface area contributed by atoms with E-state index in [2.05, 4.69) is 24.4 Å². The number of hydrogen-bond donors (Lipinski definition) is 1. The van der Waals surface area contributed by atoms with Crippen molar-refractivity contribution in [3.05, 3.63) is 29.8 Å². The zero-order valence-corrected chi connectivity index (χ0v) is 11.3. The van der Waals surface area contributed by atoms with Crippen LogP contribution in [0.2, 0.25) is 0 Å². The van der Waals surface area contributed by atoms with E-state index in [9.17, 15) is 0 Å². The average molecular weight is 249 g/mol. The van der Waals surface area contributed by atoms with E-state index in [4.69, 9.17) is 9.47 Å². The summed E-state index contributed by atoms with van der Waals surface area (Å²) < 4.78 is 10.9. The Balaban J connectivity index is 2.07. The minimum absolute atomic E-state index is 0.480. The molecule has 1 aliphatic heterocycles. The molecule has 0 bridgehead atoms. The molecular formula is C15H23NO2. The van der Waals surface area contributed by atoms with Crippen LogP contribution in [-0.4, -0.2) is 32.9 Å². The molecule has 1 aromatic carbocycles. The Morgan fingerprint density at radius 1 is 1.44 bits per heavy atom. The van der Waals surface area contributed by atoms with Crippen molar-refractivity contribution >= 4 is 0 Å². The van der Waals surface area contributed by atoms with E-state index in [1.165, 1.54) is 5.56 Å². The Morgan fingerprint density at radius 3 is 2.94 bits per heavy atom. The second-order valence-electron chi connectivity index (χ2n) is 4.80. The van der Waals surface area contributed by atoms with Crippen LogP contribution in [0.25, 0.3) is 0 Å². The molecule has 2 unspecified atom stereocenters. The fourth-order valence-corrected chi connectivity index (χ4v) is 2.65. The number of methoxy groups -OCH3 is 1. The molecule has 0 amide bonds. The fraction of sp³-hybridized carbons (Fsp3) is 0.600. The topological polar surface area (TPSA) is 30.5 Å². The van der Waals surface area contributed by atoms with Gasteiger partial charge in [-0.25, -0.2) is 0 Å². The first-order valence-corrected chi connectivity index (χ1v) is 6.78. The lowest BCUT2D eigenvalue weighted by atomic mass is 9.92. The third kappa shape index (κ3) is 3.24. The van der Waals surface area contributed by atoms with E-state index in [0.29, 0.717) is 12.0 Å². The summed E-state index contributed by atoms with van der Waals surface area (Å²) in [4.78, 5) is 0. The van der Waals surface area contributed by atoms with Crippen molar-refractivity contribution in [2.45, 2.75) is 25.8 Å². The Morgan fingerprint density at radius 2 is 2.28 bits per heavy atom. The highest BCUT2D eigenvalue weighted by molar-refractivity contribution is 5.34. The minimum Gasteiger partial charge on any atom is -0.496 e. The lowest BCUT2D eigenvalue weighted by Gasteiger charge is -2.24. The highest BCUT2D eigenvalue weighted by Crippen LogP contribution is 2.24. The van der Waals surface area contributed by atoms with Gasteiger partial charge in [0.25, 0.3) is 0 Å². The first-order chi connectivity index (χ1) is 8.85. The molecule has 1 heterocycles. The van der Waals surface area contributed by atoms with Gasteiger partial charge in [-0.05, 0) is 31.0 Å². The van der Waals surface area contributed by atoms with Crippen LogP contribution in [0.15, 0.2) is 24.3 Å². The normalized spacial score (nSPS) is 20.9. The molecule has 1 aromatic rings. The molecule has 3 nitrogen and oxygen atoms in total. The highest BCUT2D eigenvalue weighted by atomic mass is 16.5. The van der Waals surface area contributed by atoms with Crippen LogP contribution in [0.4, 0.5) is 0 Å². The van der Waals surface area contributed by atoms with Gasteiger partial charge in [-0.2, -0.15) is 0 Å². The summed E-state index contributed by atoms with van der Waals surface area (Å²) in [7, 11) is 1.74. The third-order valence-electron chi connectivity index (χ3n) is 3.63. The maximum Gasteiger partial charge on any atom is 0.122 e. The fourth-order valence-electron chi connectivity index (χ4n) is 2.65. The van der Waals surface area contributed by atoms with Crippen molar-refractivity contribution in [1.82, 2.24) is 5.32 Å². The summed E-state index contributed by atoms with van der Waals surface area (Å²) in [6, 6.07) is 8.76. The van der Waals surface area contributed by atoms with Gasteiger partial charge in [0.15, 0.2) is 0 Å². The zero-order valence-electron chi connectivity index (χ0n) is 11.3. The Bertz CT molecular complexity index is 361. The second-order valence-corrected chi connectivity index (χ2v) is 4.80. The van der Waals surface area contributed by atoms with Crippen LogP contribution in [-0.2, 0) is 11.2 Å². The maximum absolute atomic E-state index is 5.51. The monoisotopic (exact) mass is 249 g/mol. The maximum atomic E-state index is 5.51. The molecule has 0 aromatic heterocycles. The van der Waals surface area contributed by atoms with Gasteiger partial charge in [0, 0.05) is 18.6 Å². The molecule has 1 aliphatic rings. The molecule has 0 radical (unpaired) electrons. The van der Waals surface area contributed by atoms with Crippen molar-refractivity contribution in [2.75, 3.05) is 26.9 Å². The number of hydrogen-bond acceptors (Lipinski definition) is 3. The van der Waals surface area contributed by atoms with Gasteiger partial charge in [-0.15, -0.1) is 0 Å². The third-order valence-corrected chi connectivity index (χ3v) is 3.63. The van der Waals surface area contributed by atoms with Crippen molar-refractivity contribution in [3.8, 4) is 5.75 Å². The lowest BCUT2D eigenvalue weighted by Crippen LogP contribution is -2.38. The summed E-state index contributed by atoms with van der Waals surface area (Å²) >= 11 is 0. The number of para-hydroxylation sites is 1. The number of ether oxygens (including phenoxy) is 2. The summed E-state index contributed by atoms with van der Waals surface area (Å²) in [5.74, 6) is 1.61. The molecule has 1 fully saturated rings. The molecule has 1 saturated heterocycles. The summed E-state index contributed by atoms with van der Waals surface area (Å²) in [6.07, 6.45) is 2.17. The van der Waals surface area contributed by atoms with E-state index in [0.717, 1.165) is 38.3 Å². The Kier molecular flexibility index (Phi) is 5.02. The zero-order chi connectivity index (χ0) is 12.8. The van der Waals surface area contributed by atoms with Crippen molar-refractivity contribution in [3.63, 3.8) is 0 Å². The van der Waals surface area contributed by atoms with Crippen molar-refractivity contribution < 1.29 is 9.47 Å².